The molecule has 15 heavy (non-hydrogen) atoms. The Morgan fingerprint density at radius 3 is 2.87 bits per heavy atom. The minimum atomic E-state index is -2.12. The number of nitrogen functional groups attached to an aromatic ring is 1. The van der Waals surface area contributed by atoms with E-state index in [0.29, 0.717) is 0 Å². The first kappa shape index (κ1) is 10.4. The van der Waals surface area contributed by atoms with Gasteiger partial charge in [0.05, 0.1) is 6.67 Å². The lowest BCUT2D eigenvalue weighted by Gasteiger charge is -2.26. The number of nitrogens with two attached hydrogens (primary N) is 1. The van der Waals surface area contributed by atoms with Gasteiger partial charge in [-0.25, -0.2) is 0 Å². The lowest BCUT2D eigenvalue weighted by atomic mass is 10.5. The Kier molecular flexibility index (Phi) is 2.24. The molecule has 0 bridgehead atoms. The van der Waals surface area contributed by atoms with E-state index in [0.717, 1.165) is 4.90 Å². The summed E-state index contributed by atoms with van der Waals surface area (Å²) >= 11 is 1.40. The first-order chi connectivity index (χ1) is 6.89. The highest BCUT2D eigenvalue weighted by atomic mass is 127. The molecule has 0 saturated carbocycles. The molecule has 0 fully saturated rings. The van der Waals surface area contributed by atoms with Crippen LogP contribution >= 0.6 is 22.6 Å². The molecule has 1 aliphatic heterocycles. The average molecular weight is 325 g/mol. The van der Waals surface area contributed by atoms with Gasteiger partial charge in [-0.2, -0.15) is 4.98 Å². The van der Waals surface area contributed by atoms with Crippen LogP contribution in [0.5, 0.6) is 0 Å². The number of nitrogens with one attached hydrogen (secondary N) is 2. The van der Waals surface area contributed by atoms with E-state index < -0.39 is 9.48 Å². The number of nitrogens with zero attached hydrogens (tertiary/aromatic N) is 2. The molecule has 2 heterocycles. The number of aromatic nitrogens is 2. The van der Waals surface area contributed by atoms with Crippen molar-refractivity contribution in [2.45, 2.75) is 3.92 Å². The van der Waals surface area contributed by atoms with Gasteiger partial charge >= 0.3 is 3.92 Å². The van der Waals surface area contributed by atoms with Crippen molar-refractivity contribution in [3.8, 4) is 0 Å². The van der Waals surface area contributed by atoms with Crippen molar-refractivity contribution in [2.24, 2.45) is 0 Å². The Labute approximate surface area is 97.3 Å². The Morgan fingerprint density at radius 2 is 2.27 bits per heavy atom. The molecule has 0 aromatic carbocycles. The third kappa shape index (κ3) is 1.72. The number of alkyl halides is 1. The summed E-state index contributed by atoms with van der Waals surface area (Å²) in [6.45, 7) is 0.0742. The van der Waals surface area contributed by atoms with Crippen molar-refractivity contribution in [2.75, 3.05) is 22.6 Å². The molecule has 6 N–H and O–H groups in total. The van der Waals surface area contributed by atoms with Crippen LogP contribution in [-0.2, 0) is 0 Å². The molecular weight excluding hydrogens is 317 g/mol. The molecule has 0 saturated heterocycles. The van der Waals surface area contributed by atoms with E-state index in [-0.39, 0.29) is 24.1 Å². The van der Waals surface area contributed by atoms with Gasteiger partial charge in [0.25, 0.3) is 5.56 Å². The predicted octanol–water partition coefficient (Wildman–Crippen LogP) is -1.43. The Morgan fingerprint density at radius 1 is 1.60 bits per heavy atom. The summed E-state index contributed by atoms with van der Waals surface area (Å²) in [5, 5.41) is 21.5. The zero-order valence-corrected chi connectivity index (χ0v) is 9.52. The van der Waals surface area contributed by atoms with Crippen molar-refractivity contribution >= 4 is 40.0 Å². The minimum Gasteiger partial charge on any atom is -0.369 e. The summed E-state index contributed by atoms with van der Waals surface area (Å²) in [4.78, 5) is 18.6. The van der Waals surface area contributed by atoms with Gasteiger partial charge in [0.15, 0.2) is 5.82 Å². The van der Waals surface area contributed by atoms with Crippen LogP contribution in [0.4, 0.5) is 17.5 Å². The van der Waals surface area contributed by atoms with Gasteiger partial charge < -0.3 is 21.3 Å². The van der Waals surface area contributed by atoms with E-state index >= 15 is 0 Å². The van der Waals surface area contributed by atoms with Gasteiger partial charge in [0.2, 0.25) is 5.95 Å². The lowest BCUT2D eigenvalue weighted by molar-refractivity contribution is -0.0575. The van der Waals surface area contributed by atoms with Crippen molar-refractivity contribution in [1.29, 1.82) is 0 Å². The maximum atomic E-state index is 11.4. The first-order valence-corrected chi connectivity index (χ1v) is 5.02. The van der Waals surface area contributed by atoms with Crippen molar-refractivity contribution in [3.05, 3.63) is 10.4 Å². The second-order valence-electron chi connectivity index (χ2n) is 2.97. The number of halogens is 1. The number of aliphatic hydroxyl groups is 2. The molecule has 8 nitrogen and oxygen atoms in total. The van der Waals surface area contributed by atoms with Gasteiger partial charge in [0.1, 0.15) is 5.69 Å². The smallest absolute Gasteiger partial charge is 0.304 e. The van der Waals surface area contributed by atoms with Gasteiger partial charge in [-0.3, -0.25) is 14.7 Å². The summed E-state index contributed by atoms with van der Waals surface area (Å²) in [5.41, 5.74) is 5.08. The fourth-order valence-electron chi connectivity index (χ4n) is 1.30. The van der Waals surface area contributed by atoms with Crippen LogP contribution < -0.4 is 21.5 Å². The summed E-state index contributed by atoms with van der Waals surface area (Å²) in [7, 11) is 0. The van der Waals surface area contributed by atoms with E-state index in [2.05, 4.69) is 15.3 Å². The molecule has 9 heteroatoms. The standard InChI is InChI=1S/C6H8IN5O3/c7-6(14,15)12-1-9-2-3(12)10-5(8)11-4(2)13/h9,14-15H,1H2,(H3,8,10,11,13). The summed E-state index contributed by atoms with van der Waals surface area (Å²) < 4.78 is -2.12. The molecule has 0 atom stereocenters. The molecular formula is C6H8IN5O3. The molecule has 0 spiro atoms. The van der Waals surface area contributed by atoms with Crippen molar-refractivity contribution in [1.82, 2.24) is 9.97 Å². The zero-order chi connectivity index (χ0) is 11.2. The second kappa shape index (κ2) is 3.21. The van der Waals surface area contributed by atoms with Crippen molar-refractivity contribution < 1.29 is 10.2 Å². The summed E-state index contributed by atoms with van der Waals surface area (Å²) in [5.74, 6) is 0.0451. The number of aromatic amines is 1. The van der Waals surface area contributed by atoms with Crippen LogP contribution in [0.2, 0.25) is 0 Å². The molecule has 2 rings (SSSR count). The van der Waals surface area contributed by atoms with E-state index in [4.69, 9.17) is 5.73 Å². The van der Waals surface area contributed by atoms with Crippen LogP contribution in [0.1, 0.15) is 0 Å². The second-order valence-corrected chi connectivity index (χ2v) is 4.41. The molecule has 0 amide bonds. The third-order valence-corrected chi connectivity index (χ3v) is 2.51. The van der Waals surface area contributed by atoms with E-state index in [9.17, 15) is 15.0 Å². The van der Waals surface area contributed by atoms with Crippen LogP contribution in [0.25, 0.3) is 0 Å². The molecule has 1 aliphatic rings. The van der Waals surface area contributed by atoms with Crippen molar-refractivity contribution in [3.63, 3.8) is 0 Å². The lowest BCUT2D eigenvalue weighted by Crippen LogP contribution is -2.43. The molecule has 0 unspecified atom stereocenters. The largest absolute Gasteiger partial charge is 0.369 e. The molecule has 1 aromatic heterocycles. The summed E-state index contributed by atoms with van der Waals surface area (Å²) in [6.07, 6.45) is 0. The van der Waals surface area contributed by atoms with Gasteiger partial charge in [-0.1, -0.05) is 0 Å². The van der Waals surface area contributed by atoms with Crippen LogP contribution in [0.3, 0.4) is 0 Å². The highest BCUT2D eigenvalue weighted by molar-refractivity contribution is 14.1. The fraction of sp³-hybridized carbons (Fsp3) is 0.333. The molecule has 0 radical (unpaired) electrons. The molecule has 82 valence electrons. The minimum absolute atomic E-state index is 0.0742. The highest BCUT2D eigenvalue weighted by Crippen LogP contribution is 2.32. The predicted molar refractivity (Wildman–Crippen MR) is 61.4 cm³/mol. The maximum absolute atomic E-state index is 11.4. The first-order valence-electron chi connectivity index (χ1n) is 3.94. The highest BCUT2D eigenvalue weighted by Gasteiger charge is 2.36. The number of hydrogen-bond donors (Lipinski definition) is 5. The molecule has 1 aromatic rings. The van der Waals surface area contributed by atoms with Crippen LogP contribution in [0.15, 0.2) is 4.79 Å². The van der Waals surface area contributed by atoms with Crippen LogP contribution in [-0.4, -0.2) is 30.8 Å². The Hall–Kier alpha value is -1.07. The number of H-pyrrole nitrogens is 1. The Balaban J connectivity index is 2.56. The number of fused-ring (bicyclic) bond motifs is 1. The third-order valence-electron chi connectivity index (χ3n) is 1.93. The van der Waals surface area contributed by atoms with E-state index in [1.165, 1.54) is 22.6 Å². The quantitative estimate of drug-likeness (QED) is 0.185. The number of hydrogen-bond acceptors (Lipinski definition) is 7. The monoisotopic (exact) mass is 325 g/mol. The Bertz CT molecular complexity index is 453. The SMILES string of the molecule is Nc1nc2c(c(=O)[nH]1)NCN2C(O)(O)I. The summed E-state index contributed by atoms with van der Waals surface area (Å²) in [6, 6.07) is 0. The van der Waals surface area contributed by atoms with Crippen LogP contribution in [0, 0.1) is 0 Å². The van der Waals surface area contributed by atoms with E-state index in [1.54, 1.807) is 0 Å². The van der Waals surface area contributed by atoms with Gasteiger partial charge in [-0.15, -0.1) is 0 Å². The number of rotatable bonds is 1. The fourth-order valence-corrected chi connectivity index (χ4v) is 1.70. The maximum Gasteiger partial charge on any atom is 0.304 e. The van der Waals surface area contributed by atoms with Gasteiger partial charge in [-0.05, 0) is 0 Å². The number of anilines is 3. The van der Waals surface area contributed by atoms with E-state index in [1.807, 2.05) is 0 Å². The normalized spacial score (nSPS) is 15.0. The van der Waals surface area contributed by atoms with Gasteiger partial charge in [0, 0.05) is 22.6 Å². The average Bonchev–Trinajstić information content (AvgIpc) is 2.45. The topological polar surface area (TPSA) is 128 Å². The zero-order valence-electron chi connectivity index (χ0n) is 7.36. The molecule has 0 aliphatic carbocycles.